The number of hydrogen-bond acceptors (Lipinski definition) is 2. The van der Waals surface area contributed by atoms with Gasteiger partial charge in [-0.05, 0) is 24.7 Å². The lowest BCUT2D eigenvalue weighted by Crippen LogP contribution is -2.10. The number of carbonyl (C=O) groups is 1. The molecule has 0 unspecified atom stereocenters. The predicted octanol–water partition coefficient (Wildman–Crippen LogP) is 3.08. The summed E-state index contributed by atoms with van der Waals surface area (Å²) in [5, 5.41) is 8.15. The van der Waals surface area contributed by atoms with Gasteiger partial charge in [0.05, 0.1) is 6.07 Å². The fraction of sp³-hybridized carbons (Fsp3) is 0.833. The molecule has 2 fully saturated rings. The van der Waals surface area contributed by atoms with Gasteiger partial charge in [0.1, 0.15) is 6.29 Å². The van der Waals surface area contributed by atoms with Gasteiger partial charge in [0.15, 0.2) is 0 Å². The van der Waals surface area contributed by atoms with Crippen LogP contribution in [0.4, 0.5) is 0 Å². The molecule has 2 aliphatic rings. The summed E-state index contributed by atoms with van der Waals surface area (Å²) in [5.74, 6) is 1.53. The molecule has 78 valence electrons. The zero-order valence-electron chi connectivity index (χ0n) is 8.74. The minimum atomic E-state index is 0.762. The molecular formula is C12H19NO. The number of carbonyl (C=O) groups excluding carboxylic acids is 1. The van der Waals surface area contributed by atoms with Gasteiger partial charge < -0.3 is 4.79 Å². The highest BCUT2D eigenvalue weighted by Gasteiger charge is 2.16. The van der Waals surface area contributed by atoms with Crippen molar-refractivity contribution >= 4 is 6.29 Å². The monoisotopic (exact) mass is 193 g/mol. The van der Waals surface area contributed by atoms with E-state index in [0.717, 1.165) is 31.0 Å². The van der Waals surface area contributed by atoms with E-state index in [-0.39, 0.29) is 0 Å². The Balaban J connectivity index is 0.000000140. The minimum Gasteiger partial charge on any atom is -0.303 e. The quantitative estimate of drug-likeness (QED) is 0.646. The van der Waals surface area contributed by atoms with Gasteiger partial charge >= 0.3 is 0 Å². The van der Waals surface area contributed by atoms with E-state index in [1.807, 2.05) is 0 Å². The molecule has 2 heteroatoms. The summed E-state index contributed by atoms with van der Waals surface area (Å²) in [7, 11) is 0. The van der Waals surface area contributed by atoms with Crippen molar-refractivity contribution in [1.82, 2.24) is 0 Å². The first-order valence-electron chi connectivity index (χ1n) is 5.67. The molecule has 0 spiro atoms. The molecule has 2 saturated carbocycles. The maximum Gasteiger partial charge on any atom is 0.120 e. The van der Waals surface area contributed by atoms with Crippen LogP contribution in [0.3, 0.4) is 0 Å². The lowest BCUT2D eigenvalue weighted by molar-refractivity contribution is -0.109. The van der Waals surface area contributed by atoms with Gasteiger partial charge in [-0.15, -0.1) is 0 Å². The standard InChI is InChI=1S/C6H9N.C6H10O/c2*7-5-4-6-2-1-3-6/h6H,1-4H2;5-6H,1-4H2. The van der Waals surface area contributed by atoms with Crippen molar-refractivity contribution < 1.29 is 4.79 Å². The molecule has 2 aliphatic carbocycles. The molecule has 14 heavy (non-hydrogen) atoms. The second-order valence-corrected chi connectivity index (χ2v) is 4.36. The van der Waals surface area contributed by atoms with E-state index in [4.69, 9.17) is 5.26 Å². The van der Waals surface area contributed by atoms with Gasteiger partial charge in [0, 0.05) is 12.8 Å². The van der Waals surface area contributed by atoms with E-state index in [0.29, 0.717) is 0 Å². The maximum absolute atomic E-state index is 9.81. The molecule has 0 heterocycles. The largest absolute Gasteiger partial charge is 0.303 e. The number of aldehydes is 1. The van der Waals surface area contributed by atoms with E-state index in [9.17, 15) is 4.79 Å². The summed E-state index contributed by atoms with van der Waals surface area (Å²) in [4.78, 5) is 9.81. The van der Waals surface area contributed by atoms with Crippen molar-refractivity contribution in [2.24, 2.45) is 11.8 Å². The normalized spacial score (nSPS) is 20.8. The highest BCUT2D eigenvalue weighted by atomic mass is 16.1. The number of nitrogens with zero attached hydrogens (tertiary/aromatic N) is 1. The topological polar surface area (TPSA) is 40.9 Å². The average Bonchev–Trinajstić information content (AvgIpc) is 2.05. The van der Waals surface area contributed by atoms with Gasteiger partial charge in [-0.25, -0.2) is 0 Å². The molecule has 0 aromatic heterocycles. The first-order valence-corrected chi connectivity index (χ1v) is 5.67. The molecule has 0 N–H and O–H groups in total. The minimum absolute atomic E-state index is 0.762. The van der Waals surface area contributed by atoms with E-state index >= 15 is 0 Å². The van der Waals surface area contributed by atoms with Gasteiger partial charge in [0.2, 0.25) is 0 Å². The van der Waals surface area contributed by atoms with E-state index in [1.54, 1.807) is 0 Å². The van der Waals surface area contributed by atoms with Crippen molar-refractivity contribution in [3.63, 3.8) is 0 Å². The van der Waals surface area contributed by atoms with Gasteiger partial charge in [-0.1, -0.05) is 25.7 Å². The Labute approximate surface area is 86.3 Å². The SMILES string of the molecule is N#CCC1CCC1.O=CCC1CCC1. The van der Waals surface area contributed by atoms with Crippen LogP contribution in [0.1, 0.15) is 51.4 Å². The third kappa shape index (κ3) is 3.91. The second-order valence-electron chi connectivity index (χ2n) is 4.36. The molecule has 0 saturated heterocycles. The Morgan fingerprint density at radius 2 is 1.71 bits per heavy atom. The van der Waals surface area contributed by atoms with E-state index < -0.39 is 0 Å². The molecule has 0 amide bonds. The highest BCUT2D eigenvalue weighted by molar-refractivity contribution is 5.49. The predicted molar refractivity (Wildman–Crippen MR) is 55.6 cm³/mol. The molecule has 0 radical (unpaired) electrons. The van der Waals surface area contributed by atoms with Crippen LogP contribution in [0.5, 0.6) is 0 Å². The number of nitriles is 1. The molecular weight excluding hydrogens is 174 g/mol. The van der Waals surface area contributed by atoms with Crippen molar-refractivity contribution in [3.05, 3.63) is 0 Å². The van der Waals surface area contributed by atoms with Gasteiger partial charge in [-0.2, -0.15) is 5.26 Å². The van der Waals surface area contributed by atoms with Crippen LogP contribution in [0.25, 0.3) is 0 Å². The van der Waals surface area contributed by atoms with Crippen molar-refractivity contribution in [1.29, 1.82) is 5.26 Å². The third-order valence-electron chi connectivity index (χ3n) is 3.26. The fourth-order valence-corrected chi connectivity index (χ4v) is 1.69. The fourth-order valence-electron chi connectivity index (χ4n) is 1.69. The summed E-state index contributed by atoms with van der Waals surface area (Å²) in [6, 6.07) is 2.17. The van der Waals surface area contributed by atoms with Crippen LogP contribution >= 0.6 is 0 Å². The molecule has 2 nitrogen and oxygen atoms in total. The van der Waals surface area contributed by atoms with Crippen LogP contribution in [-0.4, -0.2) is 6.29 Å². The van der Waals surface area contributed by atoms with Crippen LogP contribution in [-0.2, 0) is 4.79 Å². The van der Waals surface area contributed by atoms with Crippen molar-refractivity contribution in [2.45, 2.75) is 51.4 Å². The first kappa shape index (κ1) is 11.2. The van der Waals surface area contributed by atoms with Crippen LogP contribution in [0, 0.1) is 23.2 Å². The molecule has 0 aromatic carbocycles. The summed E-state index contributed by atoms with van der Waals surface area (Å²) in [5.41, 5.74) is 0. The summed E-state index contributed by atoms with van der Waals surface area (Å²) in [6.07, 6.45) is 10.5. The average molecular weight is 193 g/mol. The van der Waals surface area contributed by atoms with E-state index in [2.05, 4.69) is 6.07 Å². The zero-order chi connectivity index (χ0) is 10.2. The Morgan fingerprint density at radius 3 is 1.86 bits per heavy atom. The van der Waals surface area contributed by atoms with Crippen molar-refractivity contribution in [2.75, 3.05) is 0 Å². The summed E-state index contributed by atoms with van der Waals surface area (Å²) in [6.45, 7) is 0. The maximum atomic E-state index is 9.81. The van der Waals surface area contributed by atoms with Gasteiger partial charge in [0.25, 0.3) is 0 Å². The smallest absolute Gasteiger partial charge is 0.120 e. The summed E-state index contributed by atoms with van der Waals surface area (Å²) < 4.78 is 0. The molecule has 0 aliphatic heterocycles. The molecule has 0 aromatic rings. The Kier molecular flexibility index (Phi) is 5.29. The second kappa shape index (κ2) is 6.59. The van der Waals surface area contributed by atoms with Crippen molar-refractivity contribution in [3.8, 4) is 6.07 Å². The Hall–Kier alpha value is -0.840. The van der Waals surface area contributed by atoms with Crippen LogP contribution < -0.4 is 0 Å². The van der Waals surface area contributed by atoms with Crippen LogP contribution in [0.15, 0.2) is 0 Å². The number of rotatable bonds is 3. The Morgan fingerprint density at radius 1 is 1.14 bits per heavy atom. The molecule has 0 bridgehead atoms. The summed E-state index contributed by atoms with van der Waals surface area (Å²) >= 11 is 0. The highest BCUT2D eigenvalue weighted by Crippen LogP contribution is 2.28. The third-order valence-corrected chi connectivity index (χ3v) is 3.26. The lowest BCUT2D eigenvalue weighted by atomic mass is 9.83. The zero-order valence-corrected chi connectivity index (χ0v) is 8.74. The first-order chi connectivity index (χ1) is 6.86. The lowest BCUT2D eigenvalue weighted by Gasteiger charge is -2.22. The van der Waals surface area contributed by atoms with E-state index in [1.165, 1.54) is 38.5 Å². The molecule has 2 rings (SSSR count). The molecule has 0 atom stereocenters. The van der Waals surface area contributed by atoms with Gasteiger partial charge in [-0.3, -0.25) is 0 Å². The number of hydrogen-bond donors (Lipinski definition) is 0. The van der Waals surface area contributed by atoms with Crippen LogP contribution in [0.2, 0.25) is 0 Å². The Bertz CT molecular complexity index is 199.